The van der Waals surface area contributed by atoms with Crippen LogP contribution in [-0.4, -0.2) is 49.2 Å². The molecule has 1 saturated heterocycles. The number of carbonyl (C=O) groups excluding carboxylic acids is 1. The van der Waals surface area contributed by atoms with Gasteiger partial charge in [0, 0.05) is 25.9 Å². The van der Waals surface area contributed by atoms with Gasteiger partial charge in [-0.25, -0.2) is 4.98 Å². The second-order valence-corrected chi connectivity index (χ2v) is 6.82. The Labute approximate surface area is 151 Å². The molecule has 1 amide bonds. The molecule has 0 saturated carbocycles. The largest absolute Gasteiger partial charge is 0.493 e. The van der Waals surface area contributed by atoms with Gasteiger partial charge in [-0.1, -0.05) is 23.5 Å². The normalized spacial score (nSPS) is 15.1. The van der Waals surface area contributed by atoms with Crippen LogP contribution in [0.25, 0.3) is 0 Å². The molecule has 25 heavy (non-hydrogen) atoms. The quantitative estimate of drug-likeness (QED) is 0.818. The number of likely N-dealkylation sites (tertiary alicyclic amines) is 1. The van der Waals surface area contributed by atoms with Crippen molar-refractivity contribution in [2.75, 3.05) is 27.3 Å². The summed E-state index contributed by atoms with van der Waals surface area (Å²) in [5.74, 6) is 1.50. The van der Waals surface area contributed by atoms with Gasteiger partial charge in [0.1, 0.15) is 11.0 Å². The van der Waals surface area contributed by atoms with Crippen LogP contribution in [0.1, 0.15) is 28.2 Å². The fourth-order valence-corrected chi connectivity index (χ4v) is 3.72. The van der Waals surface area contributed by atoms with Crippen LogP contribution in [0.15, 0.2) is 24.3 Å². The van der Waals surface area contributed by atoms with Gasteiger partial charge in [0.25, 0.3) is 11.1 Å². The zero-order valence-electron chi connectivity index (χ0n) is 14.7. The third-order valence-corrected chi connectivity index (χ3v) is 5.34. The molecule has 7 heteroatoms. The number of carbonyl (C=O) groups is 1. The van der Waals surface area contributed by atoms with Crippen LogP contribution in [0.2, 0.25) is 0 Å². The maximum atomic E-state index is 12.7. The average Bonchev–Trinajstić information content (AvgIpc) is 3.03. The Morgan fingerprint density at radius 3 is 2.44 bits per heavy atom. The number of benzene rings is 1. The fraction of sp³-hybridized carbons (Fsp3) is 0.444. The minimum absolute atomic E-state index is 0.0223. The zero-order chi connectivity index (χ0) is 17.8. The van der Waals surface area contributed by atoms with E-state index in [1.165, 1.54) is 11.3 Å². The molecule has 0 spiro atoms. The Hall–Kier alpha value is -2.28. The first-order valence-electron chi connectivity index (χ1n) is 8.22. The number of piperidine rings is 1. The van der Waals surface area contributed by atoms with Crippen molar-refractivity contribution in [2.45, 2.75) is 25.9 Å². The lowest BCUT2D eigenvalue weighted by Gasteiger charge is -2.32. The van der Waals surface area contributed by atoms with Crippen LogP contribution in [0.3, 0.4) is 0 Å². The third-order valence-electron chi connectivity index (χ3n) is 4.24. The summed E-state index contributed by atoms with van der Waals surface area (Å²) >= 11 is 1.30. The van der Waals surface area contributed by atoms with E-state index in [4.69, 9.17) is 14.2 Å². The number of methoxy groups -OCH3 is 2. The number of rotatable bonds is 5. The summed E-state index contributed by atoms with van der Waals surface area (Å²) in [6, 6.07) is 7.63. The van der Waals surface area contributed by atoms with Gasteiger partial charge in [0.2, 0.25) is 0 Å². The van der Waals surface area contributed by atoms with Crippen molar-refractivity contribution < 1.29 is 19.0 Å². The van der Waals surface area contributed by atoms with E-state index in [-0.39, 0.29) is 12.0 Å². The van der Waals surface area contributed by atoms with Crippen molar-refractivity contribution in [3.63, 3.8) is 0 Å². The molecule has 1 aliphatic rings. The smallest absolute Gasteiger partial charge is 0.273 e. The first-order chi connectivity index (χ1) is 12.1. The maximum absolute atomic E-state index is 12.7. The lowest BCUT2D eigenvalue weighted by atomic mass is 10.1. The van der Waals surface area contributed by atoms with Gasteiger partial charge in [-0.05, 0) is 19.1 Å². The molecule has 2 heterocycles. The van der Waals surface area contributed by atoms with Crippen LogP contribution in [0.5, 0.6) is 16.7 Å². The topological polar surface area (TPSA) is 60.9 Å². The van der Waals surface area contributed by atoms with Gasteiger partial charge >= 0.3 is 0 Å². The molecule has 6 nitrogen and oxygen atoms in total. The van der Waals surface area contributed by atoms with Gasteiger partial charge in [-0.3, -0.25) is 4.79 Å². The fourth-order valence-electron chi connectivity index (χ4n) is 2.87. The van der Waals surface area contributed by atoms with Crippen LogP contribution in [0.4, 0.5) is 0 Å². The van der Waals surface area contributed by atoms with E-state index < -0.39 is 0 Å². The van der Waals surface area contributed by atoms with Gasteiger partial charge in [-0.2, -0.15) is 0 Å². The third kappa shape index (κ3) is 3.87. The average molecular weight is 362 g/mol. The highest BCUT2D eigenvalue weighted by Gasteiger charge is 2.27. The minimum Gasteiger partial charge on any atom is -0.493 e. The lowest BCUT2D eigenvalue weighted by molar-refractivity contribution is 0.0594. The number of thiazole rings is 1. The van der Waals surface area contributed by atoms with Crippen LogP contribution in [0, 0.1) is 6.92 Å². The molecule has 0 N–H and O–H groups in total. The van der Waals surface area contributed by atoms with E-state index >= 15 is 0 Å². The van der Waals surface area contributed by atoms with Crippen LogP contribution in [-0.2, 0) is 0 Å². The summed E-state index contributed by atoms with van der Waals surface area (Å²) in [7, 11) is 3.20. The molecule has 3 rings (SSSR count). The van der Waals surface area contributed by atoms with Gasteiger partial charge in [0.15, 0.2) is 11.5 Å². The number of nitrogens with zero attached hydrogens (tertiary/aromatic N) is 2. The first kappa shape index (κ1) is 17.5. The number of para-hydroxylation sites is 2. The Kier molecular flexibility index (Phi) is 5.43. The second kappa shape index (κ2) is 7.74. The van der Waals surface area contributed by atoms with E-state index in [0.717, 1.165) is 30.0 Å². The van der Waals surface area contributed by atoms with E-state index in [2.05, 4.69) is 4.98 Å². The Morgan fingerprint density at radius 1 is 1.16 bits per heavy atom. The van der Waals surface area contributed by atoms with E-state index in [9.17, 15) is 4.79 Å². The highest BCUT2D eigenvalue weighted by Crippen LogP contribution is 2.30. The van der Waals surface area contributed by atoms with E-state index in [1.807, 2.05) is 36.1 Å². The lowest BCUT2D eigenvalue weighted by Crippen LogP contribution is -2.41. The summed E-state index contributed by atoms with van der Waals surface area (Å²) in [5, 5.41) is 0.523. The standard InChI is InChI=1S/C18H22N2O4S/c1-12-16(25-18(19-12)23-3)17(21)20-10-8-13(9-11-20)24-15-7-5-4-6-14(15)22-2/h4-7,13H,8-11H2,1-3H3. The summed E-state index contributed by atoms with van der Waals surface area (Å²) in [4.78, 5) is 19.5. The molecule has 0 bridgehead atoms. The maximum Gasteiger partial charge on any atom is 0.273 e. The molecule has 1 aliphatic heterocycles. The van der Waals surface area contributed by atoms with Crippen LogP contribution < -0.4 is 14.2 Å². The number of hydrogen-bond donors (Lipinski definition) is 0. The Morgan fingerprint density at radius 2 is 1.84 bits per heavy atom. The Balaban J connectivity index is 1.59. The summed E-state index contributed by atoms with van der Waals surface area (Å²) < 4.78 is 16.5. The van der Waals surface area contributed by atoms with Crippen molar-refractivity contribution in [2.24, 2.45) is 0 Å². The predicted molar refractivity (Wildman–Crippen MR) is 96.0 cm³/mol. The molecular formula is C18H22N2O4S. The molecule has 2 aromatic rings. The molecule has 0 unspecified atom stereocenters. The molecule has 134 valence electrons. The van der Waals surface area contributed by atoms with Crippen molar-refractivity contribution in [3.8, 4) is 16.7 Å². The van der Waals surface area contributed by atoms with Crippen LogP contribution >= 0.6 is 11.3 Å². The number of amides is 1. The zero-order valence-corrected chi connectivity index (χ0v) is 15.5. The van der Waals surface area contributed by atoms with Gasteiger partial charge in [0.05, 0.1) is 19.9 Å². The molecule has 0 aliphatic carbocycles. The van der Waals surface area contributed by atoms with Gasteiger partial charge in [-0.15, -0.1) is 0 Å². The van der Waals surface area contributed by atoms with Gasteiger partial charge < -0.3 is 19.1 Å². The summed E-state index contributed by atoms with van der Waals surface area (Å²) in [5.41, 5.74) is 0.722. The number of ether oxygens (including phenoxy) is 3. The highest BCUT2D eigenvalue weighted by atomic mass is 32.1. The van der Waals surface area contributed by atoms with Crippen molar-refractivity contribution in [1.29, 1.82) is 0 Å². The number of hydrogen-bond acceptors (Lipinski definition) is 6. The molecule has 1 fully saturated rings. The number of aryl methyl sites for hydroxylation is 1. The minimum atomic E-state index is 0.0223. The number of aromatic nitrogens is 1. The Bertz CT molecular complexity index is 738. The first-order valence-corrected chi connectivity index (χ1v) is 9.04. The monoisotopic (exact) mass is 362 g/mol. The van der Waals surface area contributed by atoms with Crippen molar-refractivity contribution >= 4 is 17.2 Å². The van der Waals surface area contributed by atoms with E-state index in [0.29, 0.717) is 23.2 Å². The second-order valence-electron chi connectivity index (χ2n) is 5.86. The van der Waals surface area contributed by atoms with E-state index in [1.54, 1.807) is 14.2 Å². The predicted octanol–water partition coefficient (Wildman–Crippen LogP) is 3.15. The molecule has 1 aromatic carbocycles. The van der Waals surface area contributed by atoms with Crippen molar-refractivity contribution in [3.05, 3.63) is 34.8 Å². The van der Waals surface area contributed by atoms with Crippen molar-refractivity contribution in [1.82, 2.24) is 9.88 Å². The summed E-state index contributed by atoms with van der Waals surface area (Å²) in [6.07, 6.45) is 1.66. The SMILES string of the molecule is COc1nc(C)c(C(=O)N2CCC(Oc3ccccc3OC)CC2)s1. The summed E-state index contributed by atoms with van der Waals surface area (Å²) in [6.45, 7) is 3.17. The molecule has 1 aromatic heterocycles. The highest BCUT2D eigenvalue weighted by molar-refractivity contribution is 7.15. The molecular weight excluding hydrogens is 340 g/mol. The molecule has 0 radical (unpaired) electrons. The molecule has 0 atom stereocenters.